The summed E-state index contributed by atoms with van der Waals surface area (Å²) in [6, 6.07) is 2.62. The van der Waals surface area contributed by atoms with Crippen molar-refractivity contribution in [1.82, 2.24) is 10.2 Å². The lowest BCUT2D eigenvalue weighted by molar-refractivity contribution is -0.122. The number of likely N-dealkylation sites (N-methyl/N-ethyl adjacent to an activating group) is 1. The molecule has 1 aromatic rings. The standard InChI is InChI=1S/C11H16N2OS/c1-12-11(14)7-13-5-2-3-10(13)9-4-6-15-8-9/h4,6,8,10H,2-3,5,7H2,1H3,(H,12,14). The topological polar surface area (TPSA) is 32.3 Å². The molecule has 4 heteroatoms. The normalized spacial score (nSPS) is 21.8. The third-order valence-electron chi connectivity index (χ3n) is 2.92. The number of amides is 1. The van der Waals surface area contributed by atoms with Gasteiger partial charge in [0.2, 0.25) is 5.91 Å². The molecule has 1 aliphatic rings. The fraction of sp³-hybridized carbons (Fsp3) is 0.545. The average Bonchev–Trinajstić information content (AvgIpc) is 2.86. The van der Waals surface area contributed by atoms with Crippen molar-refractivity contribution in [2.75, 3.05) is 20.1 Å². The molecule has 2 rings (SSSR count). The lowest BCUT2D eigenvalue weighted by atomic mass is 10.1. The summed E-state index contributed by atoms with van der Waals surface area (Å²) in [6.07, 6.45) is 2.37. The maximum absolute atomic E-state index is 11.3. The first kappa shape index (κ1) is 10.6. The first-order valence-corrected chi connectivity index (χ1v) is 6.22. The lowest BCUT2D eigenvalue weighted by Crippen LogP contribution is -2.35. The van der Waals surface area contributed by atoms with E-state index in [1.807, 2.05) is 0 Å². The second kappa shape index (κ2) is 4.77. The number of nitrogens with zero attached hydrogens (tertiary/aromatic N) is 1. The Morgan fingerprint density at radius 3 is 3.27 bits per heavy atom. The van der Waals surface area contributed by atoms with E-state index in [1.54, 1.807) is 18.4 Å². The molecule has 1 amide bonds. The van der Waals surface area contributed by atoms with Crippen LogP contribution in [-0.4, -0.2) is 30.9 Å². The van der Waals surface area contributed by atoms with Crippen molar-refractivity contribution in [3.05, 3.63) is 22.4 Å². The third kappa shape index (κ3) is 2.38. The van der Waals surface area contributed by atoms with Crippen LogP contribution in [0.3, 0.4) is 0 Å². The zero-order chi connectivity index (χ0) is 10.7. The molecule has 3 nitrogen and oxygen atoms in total. The second-order valence-corrected chi connectivity index (χ2v) is 4.64. The molecule has 0 spiro atoms. The molecule has 1 atom stereocenters. The van der Waals surface area contributed by atoms with Crippen molar-refractivity contribution in [1.29, 1.82) is 0 Å². The molecule has 0 bridgehead atoms. The number of likely N-dealkylation sites (tertiary alicyclic amines) is 1. The van der Waals surface area contributed by atoms with E-state index < -0.39 is 0 Å². The number of hydrogen-bond acceptors (Lipinski definition) is 3. The molecule has 0 radical (unpaired) electrons. The summed E-state index contributed by atoms with van der Waals surface area (Å²) >= 11 is 1.73. The van der Waals surface area contributed by atoms with Crippen molar-refractivity contribution >= 4 is 17.2 Å². The van der Waals surface area contributed by atoms with E-state index in [0.29, 0.717) is 12.6 Å². The Bertz CT molecular complexity index is 323. The van der Waals surface area contributed by atoms with Gasteiger partial charge in [0.05, 0.1) is 6.54 Å². The Hall–Kier alpha value is -0.870. The number of thiophene rings is 1. The molecule has 1 fully saturated rings. The van der Waals surface area contributed by atoms with Gasteiger partial charge in [-0.1, -0.05) is 0 Å². The van der Waals surface area contributed by atoms with Crippen molar-refractivity contribution < 1.29 is 4.79 Å². The van der Waals surface area contributed by atoms with E-state index >= 15 is 0 Å². The van der Waals surface area contributed by atoms with Crippen molar-refractivity contribution in [2.24, 2.45) is 0 Å². The molecule has 1 N–H and O–H groups in total. The Kier molecular flexibility index (Phi) is 3.38. The Balaban J connectivity index is 2.02. The van der Waals surface area contributed by atoms with Crippen molar-refractivity contribution in [2.45, 2.75) is 18.9 Å². The molecule has 1 aromatic heterocycles. The SMILES string of the molecule is CNC(=O)CN1CCCC1c1ccsc1. The van der Waals surface area contributed by atoms with Crippen LogP contribution in [0, 0.1) is 0 Å². The van der Waals surface area contributed by atoms with Crippen molar-refractivity contribution in [3.63, 3.8) is 0 Å². The van der Waals surface area contributed by atoms with Gasteiger partial charge in [0.15, 0.2) is 0 Å². The second-order valence-electron chi connectivity index (χ2n) is 3.86. The summed E-state index contributed by atoms with van der Waals surface area (Å²) in [5, 5.41) is 6.97. The average molecular weight is 224 g/mol. The summed E-state index contributed by atoms with van der Waals surface area (Å²) in [4.78, 5) is 13.6. The highest BCUT2D eigenvalue weighted by Crippen LogP contribution is 2.32. The zero-order valence-corrected chi connectivity index (χ0v) is 9.72. The molecule has 0 aromatic carbocycles. The summed E-state index contributed by atoms with van der Waals surface area (Å²) in [7, 11) is 1.69. The Morgan fingerprint density at radius 1 is 1.73 bits per heavy atom. The molecule has 0 saturated carbocycles. The number of nitrogens with one attached hydrogen (secondary N) is 1. The van der Waals surface area contributed by atoms with Gasteiger partial charge in [0.25, 0.3) is 0 Å². The van der Waals surface area contributed by atoms with Gasteiger partial charge in [-0.2, -0.15) is 11.3 Å². The smallest absolute Gasteiger partial charge is 0.233 e. The third-order valence-corrected chi connectivity index (χ3v) is 3.62. The maximum Gasteiger partial charge on any atom is 0.233 e. The van der Waals surface area contributed by atoms with Gasteiger partial charge in [-0.3, -0.25) is 9.69 Å². The van der Waals surface area contributed by atoms with E-state index in [2.05, 4.69) is 27.0 Å². The quantitative estimate of drug-likeness (QED) is 0.846. The largest absolute Gasteiger partial charge is 0.358 e. The minimum Gasteiger partial charge on any atom is -0.358 e. The van der Waals surface area contributed by atoms with Crippen LogP contribution in [0.5, 0.6) is 0 Å². The fourth-order valence-corrected chi connectivity index (χ4v) is 2.83. The van der Waals surface area contributed by atoms with E-state index in [-0.39, 0.29) is 5.91 Å². The number of carbonyl (C=O) groups is 1. The minimum absolute atomic E-state index is 0.108. The summed E-state index contributed by atoms with van der Waals surface area (Å²) < 4.78 is 0. The van der Waals surface area contributed by atoms with Crippen LogP contribution in [0.2, 0.25) is 0 Å². The highest BCUT2D eigenvalue weighted by Gasteiger charge is 2.27. The zero-order valence-electron chi connectivity index (χ0n) is 8.90. The van der Waals surface area contributed by atoms with Crippen LogP contribution in [-0.2, 0) is 4.79 Å². The number of rotatable bonds is 3. The maximum atomic E-state index is 11.3. The van der Waals surface area contributed by atoms with E-state index in [9.17, 15) is 4.79 Å². The highest BCUT2D eigenvalue weighted by molar-refractivity contribution is 7.07. The fourth-order valence-electron chi connectivity index (χ4n) is 2.12. The highest BCUT2D eigenvalue weighted by atomic mass is 32.1. The summed E-state index contributed by atoms with van der Waals surface area (Å²) in [5.74, 6) is 0.108. The van der Waals surface area contributed by atoms with Gasteiger partial charge >= 0.3 is 0 Å². The van der Waals surface area contributed by atoms with Gasteiger partial charge in [-0.15, -0.1) is 0 Å². The van der Waals surface area contributed by atoms with Gasteiger partial charge in [-0.25, -0.2) is 0 Å². The molecule has 1 saturated heterocycles. The van der Waals surface area contributed by atoms with Crippen LogP contribution < -0.4 is 5.32 Å². The first-order chi connectivity index (χ1) is 7.31. The molecular formula is C11H16N2OS. The van der Waals surface area contributed by atoms with Crippen molar-refractivity contribution in [3.8, 4) is 0 Å². The Morgan fingerprint density at radius 2 is 2.60 bits per heavy atom. The van der Waals surface area contributed by atoms with E-state index in [4.69, 9.17) is 0 Å². The molecular weight excluding hydrogens is 208 g/mol. The predicted molar refractivity (Wildman–Crippen MR) is 61.9 cm³/mol. The van der Waals surface area contributed by atoms with Crippen LogP contribution in [0.4, 0.5) is 0 Å². The molecule has 2 heterocycles. The minimum atomic E-state index is 0.108. The predicted octanol–water partition coefficient (Wildman–Crippen LogP) is 1.63. The molecule has 82 valence electrons. The molecule has 0 aliphatic carbocycles. The summed E-state index contributed by atoms with van der Waals surface area (Å²) in [5.41, 5.74) is 1.36. The first-order valence-electron chi connectivity index (χ1n) is 5.28. The van der Waals surface area contributed by atoms with Gasteiger partial charge < -0.3 is 5.32 Å². The van der Waals surface area contributed by atoms with Crippen LogP contribution in [0.25, 0.3) is 0 Å². The van der Waals surface area contributed by atoms with Crippen LogP contribution in [0.15, 0.2) is 16.8 Å². The van der Waals surface area contributed by atoms with E-state index in [0.717, 1.165) is 6.54 Å². The summed E-state index contributed by atoms with van der Waals surface area (Å²) in [6.45, 7) is 1.56. The van der Waals surface area contributed by atoms with Crippen LogP contribution >= 0.6 is 11.3 Å². The van der Waals surface area contributed by atoms with Gasteiger partial charge in [0.1, 0.15) is 0 Å². The monoisotopic (exact) mass is 224 g/mol. The van der Waals surface area contributed by atoms with E-state index in [1.165, 1.54) is 18.4 Å². The molecule has 15 heavy (non-hydrogen) atoms. The molecule has 1 aliphatic heterocycles. The lowest BCUT2D eigenvalue weighted by Gasteiger charge is -2.22. The van der Waals surface area contributed by atoms with Gasteiger partial charge in [-0.05, 0) is 41.8 Å². The van der Waals surface area contributed by atoms with Gasteiger partial charge in [0, 0.05) is 13.1 Å². The Labute approximate surface area is 94.1 Å². The molecule has 1 unspecified atom stereocenters. The number of carbonyl (C=O) groups excluding carboxylic acids is 1. The van der Waals surface area contributed by atoms with Crippen LogP contribution in [0.1, 0.15) is 24.4 Å². The number of hydrogen-bond donors (Lipinski definition) is 1.